The standard InChI is InChI=1S/C24H22ClF3N6/c1-15-11-18(25)4-5-19(15)23-20(34-13-16(2)32-14-34)6-8-22(33-23)30-10-9-29-21-7-3-17(12-31-21)24(26,27)28/h3-8,11-14H,9-10H2,1-2H3,(H,29,31)(H,30,33). The lowest BCUT2D eigenvalue weighted by atomic mass is 10.0. The Morgan fingerprint density at radius 2 is 1.68 bits per heavy atom. The number of benzene rings is 1. The van der Waals surface area contributed by atoms with Crippen molar-refractivity contribution in [1.82, 2.24) is 19.5 Å². The van der Waals surface area contributed by atoms with E-state index in [0.29, 0.717) is 29.7 Å². The van der Waals surface area contributed by atoms with E-state index in [9.17, 15) is 13.2 Å². The number of pyridine rings is 2. The van der Waals surface area contributed by atoms with Crippen LogP contribution in [0.15, 0.2) is 61.2 Å². The van der Waals surface area contributed by atoms with Crippen molar-refractivity contribution in [2.24, 2.45) is 0 Å². The Hall–Kier alpha value is -3.59. The Bertz CT molecular complexity index is 1280. The number of nitrogens with zero attached hydrogens (tertiary/aromatic N) is 4. The molecule has 0 atom stereocenters. The first-order valence-corrected chi connectivity index (χ1v) is 10.9. The number of aromatic nitrogens is 4. The highest BCUT2D eigenvalue weighted by Crippen LogP contribution is 2.31. The zero-order chi connectivity index (χ0) is 24.3. The predicted molar refractivity (Wildman–Crippen MR) is 127 cm³/mol. The minimum absolute atomic E-state index is 0.367. The normalized spacial score (nSPS) is 11.5. The number of rotatable bonds is 7. The van der Waals surface area contributed by atoms with Gasteiger partial charge in [0.25, 0.3) is 0 Å². The molecule has 3 heterocycles. The third-order valence-electron chi connectivity index (χ3n) is 5.14. The van der Waals surface area contributed by atoms with Crippen molar-refractivity contribution in [1.29, 1.82) is 0 Å². The summed E-state index contributed by atoms with van der Waals surface area (Å²) in [6.45, 7) is 4.83. The molecule has 4 aromatic rings. The Morgan fingerprint density at radius 1 is 0.941 bits per heavy atom. The molecule has 0 radical (unpaired) electrons. The number of imidazole rings is 1. The quantitative estimate of drug-likeness (QED) is 0.307. The van der Waals surface area contributed by atoms with Gasteiger partial charge in [-0.3, -0.25) is 0 Å². The molecule has 0 spiro atoms. The molecule has 0 aliphatic carbocycles. The Kier molecular flexibility index (Phi) is 6.74. The van der Waals surface area contributed by atoms with E-state index in [4.69, 9.17) is 16.6 Å². The smallest absolute Gasteiger partial charge is 0.368 e. The van der Waals surface area contributed by atoms with Crippen molar-refractivity contribution in [3.05, 3.63) is 83.0 Å². The lowest BCUT2D eigenvalue weighted by molar-refractivity contribution is -0.137. The molecule has 4 rings (SSSR count). The first-order chi connectivity index (χ1) is 16.2. The van der Waals surface area contributed by atoms with Crippen LogP contribution in [0.1, 0.15) is 16.8 Å². The SMILES string of the molecule is Cc1cn(-c2ccc(NCCNc3ccc(C(F)(F)F)cn3)nc2-c2ccc(Cl)cc2C)cn1. The van der Waals surface area contributed by atoms with E-state index in [1.165, 1.54) is 6.07 Å². The minimum Gasteiger partial charge on any atom is -0.368 e. The molecule has 3 aromatic heterocycles. The molecule has 0 saturated carbocycles. The Morgan fingerprint density at radius 3 is 2.29 bits per heavy atom. The summed E-state index contributed by atoms with van der Waals surface area (Å²) >= 11 is 6.15. The molecule has 0 bridgehead atoms. The minimum atomic E-state index is -4.40. The molecule has 0 aliphatic rings. The first kappa shape index (κ1) is 23.6. The maximum atomic E-state index is 12.7. The van der Waals surface area contributed by atoms with E-state index >= 15 is 0 Å². The van der Waals surface area contributed by atoms with Crippen molar-refractivity contribution < 1.29 is 13.2 Å². The highest BCUT2D eigenvalue weighted by Gasteiger charge is 2.30. The van der Waals surface area contributed by atoms with Gasteiger partial charge in [0.1, 0.15) is 11.6 Å². The van der Waals surface area contributed by atoms with E-state index in [2.05, 4.69) is 20.6 Å². The van der Waals surface area contributed by atoms with E-state index < -0.39 is 11.7 Å². The Labute approximate surface area is 199 Å². The maximum Gasteiger partial charge on any atom is 0.417 e. The van der Waals surface area contributed by atoms with Gasteiger partial charge in [-0.2, -0.15) is 13.2 Å². The number of hydrogen-bond donors (Lipinski definition) is 2. The van der Waals surface area contributed by atoms with Crippen LogP contribution in [0.5, 0.6) is 0 Å². The number of halogens is 4. The zero-order valence-electron chi connectivity index (χ0n) is 18.5. The van der Waals surface area contributed by atoms with Gasteiger partial charge in [-0.1, -0.05) is 17.7 Å². The zero-order valence-corrected chi connectivity index (χ0v) is 19.2. The summed E-state index contributed by atoms with van der Waals surface area (Å²) in [5.41, 5.74) is 3.70. The summed E-state index contributed by atoms with van der Waals surface area (Å²) < 4.78 is 39.9. The predicted octanol–water partition coefficient (Wildman–Crippen LogP) is 6.14. The van der Waals surface area contributed by atoms with Crippen molar-refractivity contribution in [3.63, 3.8) is 0 Å². The summed E-state index contributed by atoms with van der Waals surface area (Å²) in [6, 6.07) is 11.8. The lowest BCUT2D eigenvalue weighted by Gasteiger charge is -2.15. The summed E-state index contributed by atoms with van der Waals surface area (Å²) in [5, 5.41) is 6.89. The maximum absolute atomic E-state index is 12.7. The van der Waals surface area contributed by atoms with Crippen LogP contribution in [0.2, 0.25) is 5.02 Å². The van der Waals surface area contributed by atoms with Crippen molar-refractivity contribution in [3.8, 4) is 16.9 Å². The van der Waals surface area contributed by atoms with Crippen LogP contribution in [0.3, 0.4) is 0 Å². The molecular formula is C24H22ClF3N6. The topological polar surface area (TPSA) is 67.7 Å². The lowest BCUT2D eigenvalue weighted by Crippen LogP contribution is -2.15. The van der Waals surface area contributed by atoms with Crippen molar-refractivity contribution in [2.75, 3.05) is 23.7 Å². The first-order valence-electron chi connectivity index (χ1n) is 10.5. The number of alkyl halides is 3. The molecular weight excluding hydrogens is 465 g/mol. The number of hydrogen-bond acceptors (Lipinski definition) is 5. The van der Waals surface area contributed by atoms with Crippen LogP contribution >= 0.6 is 11.6 Å². The molecule has 176 valence electrons. The van der Waals surface area contributed by atoms with E-state index in [-0.39, 0.29) is 0 Å². The van der Waals surface area contributed by atoms with Gasteiger partial charge in [0.15, 0.2) is 0 Å². The van der Waals surface area contributed by atoms with Crippen LogP contribution in [0.4, 0.5) is 24.8 Å². The van der Waals surface area contributed by atoms with E-state index in [1.54, 1.807) is 6.33 Å². The van der Waals surface area contributed by atoms with Gasteiger partial charge in [0.05, 0.1) is 29.0 Å². The second kappa shape index (κ2) is 9.72. The summed E-state index contributed by atoms with van der Waals surface area (Å²) in [7, 11) is 0. The number of nitrogens with one attached hydrogen (secondary N) is 2. The molecule has 0 aliphatic heterocycles. The summed E-state index contributed by atoms with van der Waals surface area (Å²) in [4.78, 5) is 13.0. The van der Waals surface area contributed by atoms with Crippen molar-refractivity contribution in [2.45, 2.75) is 20.0 Å². The number of anilines is 2. The van der Waals surface area contributed by atoms with Gasteiger partial charge in [-0.15, -0.1) is 0 Å². The molecule has 0 fully saturated rings. The fourth-order valence-corrected chi connectivity index (χ4v) is 3.68. The molecule has 0 amide bonds. The van der Waals surface area contributed by atoms with Crippen LogP contribution in [-0.4, -0.2) is 32.6 Å². The second-order valence-electron chi connectivity index (χ2n) is 7.73. The largest absolute Gasteiger partial charge is 0.417 e. The van der Waals surface area contributed by atoms with Gasteiger partial charge in [-0.25, -0.2) is 15.0 Å². The van der Waals surface area contributed by atoms with Crippen LogP contribution < -0.4 is 10.6 Å². The average Bonchev–Trinajstić information content (AvgIpc) is 3.22. The third kappa shape index (κ3) is 5.48. The molecule has 1 aromatic carbocycles. The van der Waals surface area contributed by atoms with Crippen LogP contribution in [0.25, 0.3) is 16.9 Å². The molecule has 10 heteroatoms. The second-order valence-corrected chi connectivity index (χ2v) is 8.17. The summed E-state index contributed by atoms with van der Waals surface area (Å²) in [6.07, 6.45) is 0.0874. The molecule has 0 saturated heterocycles. The van der Waals surface area contributed by atoms with E-state index in [0.717, 1.165) is 40.5 Å². The van der Waals surface area contributed by atoms with Crippen LogP contribution in [-0.2, 0) is 6.18 Å². The highest BCUT2D eigenvalue weighted by atomic mass is 35.5. The van der Waals surface area contributed by atoms with Gasteiger partial charge in [0.2, 0.25) is 0 Å². The fraction of sp³-hybridized carbons (Fsp3) is 0.208. The third-order valence-corrected chi connectivity index (χ3v) is 5.37. The highest BCUT2D eigenvalue weighted by molar-refractivity contribution is 6.30. The Balaban J connectivity index is 1.49. The summed E-state index contributed by atoms with van der Waals surface area (Å²) in [5.74, 6) is 1.03. The monoisotopic (exact) mass is 486 g/mol. The van der Waals surface area contributed by atoms with Crippen LogP contribution in [0, 0.1) is 13.8 Å². The molecule has 34 heavy (non-hydrogen) atoms. The molecule has 6 nitrogen and oxygen atoms in total. The molecule has 2 N–H and O–H groups in total. The van der Waals surface area contributed by atoms with Gasteiger partial charge in [0, 0.05) is 36.1 Å². The number of aryl methyl sites for hydroxylation is 2. The molecule has 0 unspecified atom stereocenters. The van der Waals surface area contributed by atoms with Gasteiger partial charge >= 0.3 is 6.18 Å². The van der Waals surface area contributed by atoms with E-state index in [1.807, 2.05) is 54.9 Å². The van der Waals surface area contributed by atoms with Gasteiger partial charge < -0.3 is 15.2 Å². The van der Waals surface area contributed by atoms with Crippen molar-refractivity contribution >= 4 is 23.2 Å². The fourth-order valence-electron chi connectivity index (χ4n) is 3.45. The average molecular weight is 487 g/mol. The van der Waals surface area contributed by atoms with Gasteiger partial charge in [-0.05, 0) is 55.8 Å².